The number of anilines is 3. The molecule has 1 aromatic carbocycles. The van der Waals surface area contributed by atoms with Crippen molar-refractivity contribution in [3.63, 3.8) is 0 Å². The topological polar surface area (TPSA) is 73.3 Å². The van der Waals surface area contributed by atoms with Gasteiger partial charge in [0.25, 0.3) is 0 Å². The molecule has 1 aromatic heterocycles. The van der Waals surface area contributed by atoms with Gasteiger partial charge < -0.3 is 20.6 Å². The van der Waals surface area contributed by atoms with Crippen LogP contribution < -0.4 is 15.5 Å². The third kappa shape index (κ3) is 3.09. The minimum atomic E-state index is -0.650. The molecule has 2 heterocycles. The molecule has 0 unspecified atom stereocenters. The van der Waals surface area contributed by atoms with Crippen molar-refractivity contribution in [3.05, 3.63) is 42.4 Å². The SMILES string of the molecule is OC1CCC(N2c3ncncc3N[C@@H]2Nc2ccc(F)cc2F)CC1. The normalized spacial score (nSPS) is 25.4. The average Bonchev–Trinajstić information content (AvgIpc) is 2.96. The van der Waals surface area contributed by atoms with Gasteiger partial charge in [-0.1, -0.05) is 0 Å². The second kappa shape index (κ2) is 6.44. The fourth-order valence-corrected chi connectivity index (χ4v) is 3.55. The summed E-state index contributed by atoms with van der Waals surface area (Å²) in [7, 11) is 0. The van der Waals surface area contributed by atoms with Crippen molar-refractivity contribution in [2.45, 2.75) is 44.1 Å². The van der Waals surface area contributed by atoms with Gasteiger partial charge in [-0.2, -0.15) is 0 Å². The first-order valence-electron chi connectivity index (χ1n) is 8.36. The van der Waals surface area contributed by atoms with Crippen LogP contribution in [0.15, 0.2) is 30.7 Å². The van der Waals surface area contributed by atoms with Crippen molar-refractivity contribution < 1.29 is 13.9 Å². The van der Waals surface area contributed by atoms with E-state index in [1.165, 1.54) is 18.5 Å². The molecular weight excluding hydrogens is 328 g/mol. The summed E-state index contributed by atoms with van der Waals surface area (Å²) in [6.07, 6.45) is 5.54. The third-order valence-corrected chi connectivity index (χ3v) is 4.79. The molecule has 0 spiro atoms. The molecule has 0 radical (unpaired) electrons. The van der Waals surface area contributed by atoms with E-state index in [-0.39, 0.29) is 17.8 Å². The molecule has 0 amide bonds. The Kier molecular flexibility index (Phi) is 4.12. The third-order valence-electron chi connectivity index (χ3n) is 4.79. The van der Waals surface area contributed by atoms with Crippen LogP contribution in [0, 0.1) is 11.6 Å². The Labute approximate surface area is 143 Å². The monoisotopic (exact) mass is 347 g/mol. The van der Waals surface area contributed by atoms with Crippen molar-refractivity contribution in [2.24, 2.45) is 0 Å². The summed E-state index contributed by atoms with van der Waals surface area (Å²) >= 11 is 0. The lowest BCUT2D eigenvalue weighted by Crippen LogP contribution is -2.49. The average molecular weight is 347 g/mol. The molecule has 2 aliphatic rings. The number of fused-ring (bicyclic) bond motifs is 1. The number of aliphatic hydroxyl groups excluding tert-OH is 1. The molecule has 0 bridgehead atoms. The van der Waals surface area contributed by atoms with Crippen LogP contribution in [0.1, 0.15) is 25.7 Å². The van der Waals surface area contributed by atoms with E-state index in [1.807, 2.05) is 0 Å². The van der Waals surface area contributed by atoms with Crippen LogP contribution in [0.4, 0.5) is 26.0 Å². The van der Waals surface area contributed by atoms with Crippen molar-refractivity contribution in [2.75, 3.05) is 15.5 Å². The highest BCUT2D eigenvalue weighted by atomic mass is 19.1. The van der Waals surface area contributed by atoms with E-state index in [1.54, 1.807) is 6.20 Å². The molecule has 1 aliphatic carbocycles. The summed E-state index contributed by atoms with van der Waals surface area (Å²) in [5.74, 6) is -0.519. The van der Waals surface area contributed by atoms with Crippen molar-refractivity contribution in [3.8, 4) is 0 Å². The highest BCUT2D eigenvalue weighted by Crippen LogP contribution is 2.37. The fraction of sp³-hybridized carbons (Fsp3) is 0.412. The van der Waals surface area contributed by atoms with Gasteiger partial charge in [0, 0.05) is 12.1 Å². The summed E-state index contributed by atoms with van der Waals surface area (Å²) in [4.78, 5) is 10.4. The number of nitrogens with zero attached hydrogens (tertiary/aromatic N) is 3. The number of hydrogen-bond acceptors (Lipinski definition) is 6. The van der Waals surface area contributed by atoms with E-state index in [2.05, 4.69) is 25.5 Å². The van der Waals surface area contributed by atoms with Gasteiger partial charge in [0.15, 0.2) is 12.1 Å². The maximum atomic E-state index is 14.0. The lowest BCUT2D eigenvalue weighted by Gasteiger charge is -2.37. The lowest BCUT2D eigenvalue weighted by atomic mass is 9.92. The number of rotatable bonds is 3. The van der Waals surface area contributed by atoms with Crippen LogP contribution in [0.25, 0.3) is 0 Å². The van der Waals surface area contributed by atoms with Gasteiger partial charge in [0.05, 0.1) is 23.7 Å². The standard InChI is InChI=1S/C17H19F2N5O/c18-10-1-6-14(13(19)7-10)22-17-23-15-8-20-9-21-16(15)24(17)11-2-4-12(25)5-3-11/h1,6-9,11-12,17,22-23,25H,2-5H2/t11?,12?,17-/m0/s1. The number of aliphatic hydroxyl groups is 1. The predicted molar refractivity (Wildman–Crippen MR) is 90.2 cm³/mol. The van der Waals surface area contributed by atoms with Crippen molar-refractivity contribution in [1.29, 1.82) is 0 Å². The van der Waals surface area contributed by atoms with E-state index in [0.29, 0.717) is 0 Å². The van der Waals surface area contributed by atoms with Crippen LogP contribution in [-0.4, -0.2) is 33.5 Å². The quantitative estimate of drug-likeness (QED) is 0.793. The van der Waals surface area contributed by atoms with E-state index in [9.17, 15) is 13.9 Å². The van der Waals surface area contributed by atoms with Crippen LogP contribution in [0.5, 0.6) is 0 Å². The molecule has 4 rings (SSSR count). The minimum Gasteiger partial charge on any atom is -0.393 e. The maximum absolute atomic E-state index is 14.0. The highest BCUT2D eigenvalue weighted by Gasteiger charge is 2.37. The number of hydrogen-bond donors (Lipinski definition) is 3. The molecule has 0 saturated heterocycles. The molecule has 1 atom stereocenters. The molecule has 132 valence electrons. The van der Waals surface area contributed by atoms with Gasteiger partial charge in [0.2, 0.25) is 0 Å². The fourth-order valence-electron chi connectivity index (χ4n) is 3.55. The molecule has 1 aliphatic heterocycles. The summed E-state index contributed by atoms with van der Waals surface area (Å²) in [6.45, 7) is 0. The number of halogens is 2. The van der Waals surface area contributed by atoms with Crippen molar-refractivity contribution >= 4 is 17.2 Å². The Hall–Kier alpha value is -2.48. The molecule has 25 heavy (non-hydrogen) atoms. The summed E-state index contributed by atoms with van der Waals surface area (Å²) < 4.78 is 27.2. The smallest absolute Gasteiger partial charge is 0.177 e. The summed E-state index contributed by atoms with van der Waals surface area (Å²) in [5, 5.41) is 16.1. The Bertz CT molecular complexity index is 766. The maximum Gasteiger partial charge on any atom is 0.177 e. The zero-order chi connectivity index (χ0) is 17.4. The summed E-state index contributed by atoms with van der Waals surface area (Å²) in [6, 6.07) is 3.61. The number of aromatic nitrogens is 2. The van der Waals surface area contributed by atoms with Gasteiger partial charge in [-0.05, 0) is 37.8 Å². The second-order valence-electron chi connectivity index (χ2n) is 6.45. The predicted octanol–water partition coefficient (Wildman–Crippen LogP) is 2.69. The Morgan fingerprint density at radius 2 is 2.00 bits per heavy atom. The Balaban J connectivity index is 1.62. The first kappa shape index (κ1) is 16.0. The van der Waals surface area contributed by atoms with Gasteiger partial charge in [-0.3, -0.25) is 0 Å². The zero-order valence-electron chi connectivity index (χ0n) is 13.5. The largest absolute Gasteiger partial charge is 0.393 e. The minimum absolute atomic E-state index is 0.160. The van der Waals surface area contributed by atoms with Crippen LogP contribution >= 0.6 is 0 Å². The second-order valence-corrected chi connectivity index (χ2v) is 6.45. The molecular formula is C17H19F2N5O. The molecule has 2 aromatic rings. The number of nitrogens with one attached hydrogen (secondary N) is 2. The van der Waals surface area contributed by atoms with Crippen LogP contribution in [-0.2, 0) is 0 Å². The molecule has 1 saturated carbocycles. The van der Waals surface area contributed by atoms with E-state index in [0.717, 1.165) is 43.3 Å². The van der Waals surface area contributed by atoms with Crippen LogP contribution in [0.3, 0.4) is 0 Å². The van der Waals surface area contributed by atoms with Crippen molar-refractivity contribution in [1.82, 2.24) is 9.97 Å². The first-order chi connectivity index (χ1) is 12.1. The lowest BCUT2D eigenvalue weighted by molar-refractivity contribution is 0.121. The van der Waals surface area contributed by atoms with E-state index in [4.69, 9.17) is 0 Å². The molecule has 6 nitrogen and oxygen atoms in total. The zero-order valence-corrected chi connectivity index (χ0v) is 13.5. The first-order valence-corrected chi connectivity index (χ1v) is 8.36. The summed E-state index contributed by atoms with van der Waals surface area (Å²) in [5.41, 5.74) is 0.967. The number of benzene rings is 1. The molecule has 3 N–H and O–H groups in total. The highest BCUT2D eigenvalue weighted by molar-refractivity contribution is 5.73. The van der Waals surface area contributed by atoms with Gasteiger partial charge in [-0.25, -0.2) is 18.7 Å². The van der Waals surface area contributed by atoms with E-state index < -0.39 is 17.9 Å². The van der Waals surface area contributed by atoms with Gasteiger partial charge >= 0.3 is 0 Å². The van der Waals surface area contributed by atoms with E-state index >= 15 is 0 Å². The van der Waals surface area contributed by atoms with Crippen LogP contribution in [0.2, 0.25) is 0 Å². The van der Waals surface area contributed by atoms with Gasteiger partial charge in [0.1, 0.15) is 18.0 Å². The molecule has 8 heteroatoms. The Morgan fingerprint density at radius 1 is 1.20 bits per heavy atom. The Morgan fingerprint density at radius 3 is 2.76 bits per heavy atom. The molecule has 1 fully saturated rings. The van der Waals surface area contributed by atoms with Gasteiger partial charge in [-0.15, -0.1) is 0 Å².